The van der Waals surface area contributed by atoms with Gasteiger partial charge in [0.25, 0.3) is 5.91 Å². The standard InChI is InChI=1S/C17H23N3O/c1-4-11-19(12-5-2)17(21)16-13-14(3)18-20(16)15-9-7-6-8-10-15/h6-10,13H,4-5,11-12H2,1-3H3. The average Bonchev–Trinajstić information content (AvgIpc) is 2.89. The maximum atomic E-state index is 12.8. The van der Waals surface area contributed by atoms with E-state index in [1.54, 1.807) is 4.68 Å². The van der Waals surface area contributed by atoms with Crippen LogP contribution in [0, 0.1) is 6.92 Å². The maximum Gasteiger partial charge on any atom is 0.272 e. The molecule has 0 radical (unpaired) electrons. The van der Waals surface area contributed by atoms with E-state index in [2.05, 4.69) is 18.9 Å². The van der Waals surface area contributed by atoms with E-state index in [1.165, 1.54) is 0 Å². The van der Waals surface area contributed by atoms with Gasteiger partial charge in [0.2, 0.25) is 0 Å². The second kappa shape index (κ2) is 7.07. The van der Waals surface area contributed by atoms with Crippen molar-refractivity contribution in [3.63, 3.8) is 0 Å². The summed E-state index contributed by atoms with van der Waals surface area (Å²) >= 11 is 0. The summed E-state index contributed by atoms with van der Waals surface area (Å²) in [4.78, 5) is 14.7. The smallest absolute Gasteiger partial charge is 0.272 e. The molecule has 2 rings (SSSR count). The molecule has 0 aliphatic rings. The molecule has 2 aromatic rings. The molecule has 0 bridgehead atoms. The highest BCUT2D eigenvalue weighted by Crippen LogP contribution is 2.15. The first kappa shape index (κ1) is 15.3. The van der Waals surface area contributed by atoms with E-state index in [9.17, 15) is 4.79 Å². The molecular formula is C17H23N3O. The van der Waals surface area contributed by atoms with E-state index >= 15 is 0 Å². The van der Waals surface area contributed by atoms with Crippen LogP contribution >= 0.6 is 0 Å². The summed E-state index contributed by atoms with van der Waals surface area (Å²) in [5.74, 6) is 0.0585. The molecular weight excluding hydrogens is 262 g/mol. The number of hydrogen-bond donors (Lipinski definition) is 0. The fourth-order valence-corrected chi connectivity index (χ4v) is 2.43. The highest BCUT2D eigenvalue weighted by atomic mass is 16.2. The van der Waals surface area contributed by atoms with Crippen LogP contribution in [0.2, 0.25) is 0 Å². The molecule has 0 saturated heterocycles. The Hall–Kier alpha value is -2.10. The predicted octanol–water partition coefficient (Wildman–Crippen LogP) is 3.44. The summed E-state index contributed by atoms with van der Waals surface area (Å²) < 4.78 is 1.75. The first-order valence-electron chi connectivity index (χ1n) is 7.58. The predicted molar refractivity (Wildman–Crippen MR) is 84.8 cm³/mol. The SMILES string of the molecule is CCCN(CCC)C(=O)c1cc(C)nn1-c1ccccc1. The first-order chi connectivity index (χ1) is 10.2. The minimum Gasteiger partial charge on any atom is -0.337 e. The zero-order valence-electron chi connectivity index (χ0n) is 13.0. The summed E-state index contributed by atoms with van der Waals surface area (Å²) in [6.45, 7) is 7.67. The van der Waals surface area contributed by atoms with E-state index in [0.29, 0.717) is 5.69 Å². The quantitative estimate of drug-likeness (QED) is 0.815. The van der Waals surface area contributed by atoms with Crippen molar-refractivity contribution >= 4 is 5.91 Å². The highest BCUT2D eigenvalue weighted by Gasteiger charge is 2.20. The van der Waals surface area contributed by atoms with Gasteiger partial charge in [0.05, 0.1) is 11.4 Å². The molecule has 0 N–H and O–H groups in total. The molecule has 0 unspecified atom stereocenters. The fraction of sp³-hybridized carbons (Fsp3) is 0.412. The van der Waals surface area contributed by atoms with Crippen molar-refractivity contribution in [3.05, 3.63) is 47.8 Å². The summed E-state index contributed by atoms with van der Waals surface area (Å²) in [5, 5.41) is 4.47. The van der Waals surface area contributed by atoms with Gasteiger partial charge in [-0.3, -0.25) is 4.79 Å². The van der Waals surface area contributed by atoms with E-state index in [1.807, 2.05) is 48.2 Å². The van der Waals surface area contributed by atoms with E-state index in [-0.39, 0.29) is 5.91 Å². The van der Waals surface area contributed by atoms with Crippen molar-refractivity contribution in [1.82, 2.24) is 14.7 Å². The van der Waals surface area contributed by atoms with Gasteiger partial charge < -0.3 is 4.90 Å². The summed E-state index contributed by atoms with van der Waals surface area (Å²) in [7, 11) is 0. The van der Waals surface area contributed by atoms with Crippen molar-refractivity contribution in [3.8, 4) is 5.69 Å². The van der Waals surface area contributed by atoms with Crippen LogP contribution in [-0.2, 0) is 0 Å². The number of amides is 1. The lowest BCUT2D eigenvalue weighted by atomic mass is 10.2. The average molecular weight is 285 g/mol. The van der Waals surface area contributed by atoms with Crippen LogP contribution < -0.4 is 0 Å². The van der Waals surface area contributed by atoms with Gasteiger partial charge in [0.15, 0.2) is 0 Å². The Morgan fingerprint density at radius 1 is 1.14 bits per heavy atom. The van der Waals surface area contributed by atoms with Gasteiger partial charge in [0, 0.05) is 13.1 Å². The monoisotopic (exact) mass is 285 g/mol. The fourth-order valence-electron chi connectivity index (χ4n) is 2.43. The Morgan fingerprint density at radius 3 is 2.33 bits per heavy atom. The molecule has 1 amide bonds. The number of nitrogens with zero attached hydrogens (tertiary/aromatic N) is 3. The van der Waals surface area contributed by atoms with Gasteiger partial charge in [-0.15, -0.1) is 0 Å². The number of rotatable bonds is 6. The van der Waals surface area contributed by atoms with Crippen LogP contribution in [0.3, 0.4) is 0 Å². The highest BCUT2D eigenvalue weighted by molar-refractivity contribution is 5.93. The minimum absolute atomic E-state index is 0.0585. The van der Waals surface area contributed by atoms with Gasteiger partial charge in [-0.25, -0.2) is 4.68 Å². The molecule has 1 aromatic heterocycles. The van der Waals surface area contributed by atoms with Crippen molar-refractivity contribution in [2.75, 3.05) is 13.1 Å². The van der Waals surface area contributed by atoms with Crippen LogP contribution in [0.4, 0.5) is 0 Å². The largest absolute Gasteiger partial charge is 0.337 e. The maximum absolute atomic E-state index is 12.8. The lowest BCUT2D eigenvalue weighted by molar-refractivity contribution is 0.0746. The van der Waals surface area contributed by atoms with Gasteiger partial charge in [-0.05, 0) is 38.0 Å². The van der Waals surface area contributed by atoms with E-state index in [4.69, 9.17) is 0 Å². The molecule has 0 aliphatic carbocycles. The Morgan fingerprint density at radius 2 is 1.76 bits per heavy atom. The molecule has 21 heavy (non-hydrogen) atoms. The van der Waals surface area contributed by atoms with Crippen LogP contribution in [0.25, 0.3) is 5.69 Å². The Bertz CT molecular complexity index is 583. The summed E-state index contributed by atoms with van der Waals surface area (Å²) in [6.07, 6.45) is 1.92. The third-order valence-electron chi connectivity index (χ3n) is 3.33. The molecule has 0 aliphatic heterocycles. The van der Waals surface area contributed by atoms with Crippen LogP contribution in [0.1, 0.15) is 42.9 Å². The molecule has 0 saturated carbocycles. The lowest BCUT2D eigenvalue weighted by Crippen LogP contribution is -2.33. The van der Waals surface area contributed by atoms with Crippen LogP contribution in [0.5, 0.6) is 0 Å². The van der Waals surface area contributed by atoms with Crippen molar-refractivity contribution in [2.24, 2.45) is 0 Å². The van der Waals surface area contributed by atoms with Gasteiger partial charge in [-0.2, -0.15) is 5.10 Å². The zero-order chi connectivity index (χ0) is 15.2. The Kier molecular flexibility index (Phi) is 5.14. The van der Waals surface area contributed by atoms with Crippen molar-refractivity contribution in [1.29, 1.82) is 0 Å². The lowest BCUT2D eigenvalue weighted by Gasteiger charge is -2.21. The molecule has 112 valence electrons. The Balaban J connectivity index is 2.37. The van der Waals surface area contributed by atoms with Crippen molar-refractivity contribution in [2.45, 2.75) is 33.6 Å². The molecule has 4 nitrogen and oxygen atoms in total. The molecule has 0 fully saturated rings. The Labute approximate surface area is 126 Å². The van der Waals surface area contributed by atoms with Gasteiger partial charge in [0.1, 0.15) is 5.69 Å². The number of benzene rings is 1. The third kappa shape index (κ3) is 3.51. The first-order valence-corrected chi connectivity index (χ1v) is 7.58. The minimum atomic E-state index is 0.0585. The second-order valence-electron chi connectivity index (χ2n) is 5.21. The number of carbonyl (C=O) groups is 1. The summed E-state index contributed by atoms with van der Waals surface area (Å²) in [6, 6.07) is 11.7. The molecule has 0 spiro atoms. The number of para-hydroxylation sites is 1. The topological polar surface area (TPSA) is 38.1 Å². The number of aromatic nitrogens is 2. The normalized spacial score (nSPS) is 10.6. The molecule has 0 atom stereocenters. The van der Waals surface area contributed by atoms with Crippen LogP contribution in [0.15, 0.2) is 36.4 Å². The van der Waals surface area contributed by atoms with E-state index < -0.39 is 0 Å². The van der Waals surface area contributed by atoms with E-state index in [0.717, 1.165) is 37.3 Å². The molecule has 1 aromatic carbocycles. The van der Waals surface area contributed by atoms with Crippen molar-refractivity contribution < 1.29 is 4.79 Å². The van der Waals surface area contributed by atoms with Crippen LogP contribution in [-0.4, -0.2) is 33.7 Å². The number of aryl methyl sites for hydroxylation is 1. The van der Waals surface area contributed by atoms with Gasteiger partial charge >= 0.3 is 0 Å². The molecule has 4 heteroatoms. The second-order valence-corrected chi connectivity index (χ2v) is 5.21. The number of hydrogen-bond acceptors (Lipinski definition) is 2. The molecule has 1 heterocycles. The number of carbonyl (C=O) groups excluding carboxylic acids is 1. The van der Waals surface area contributed by atoms with Gasteiger partial charge in [-0.1, -0.05) is 32.0 Å². The summed E-state index contributed by atoms with van der Waals surface area (Å²) in [5.41, 5.74) is 2.41. The third-order valence-corrected chi connectivity index (χ3v) is 3.33. The zero-order valence-corrected chi connectivity index (χ0v) is 13.0.